The summed E-state index contributed by atoms with van der Waals surface area (Å²) in [7, 11) is 1.67. The summed E-state index contributed by atoms with van der Waals surface area (Å²) < 4.78 is 5.44. The molecule has 1 aromatic carbocycles. The predicted molar refractivity (Wildman–Crippen MR) is 78.4 cm³/mol. The van der Waals surface area contributed by atoms with Gasteiger partial charge in [0.2, 0.25) is 0 Å². The lowest BCUT2D eigenvalue weighted by molar-refractivity contribution is 0.415. The number of rotatable bonds is 2. The van der Waals surface area contributed by atoms with Crippen molar-refractivity contribution in [2.75, 3.05) is 12.8 Å². The minimum atomic E-state index is 0.0801. The number of hydrogen-bond donors (Lipinski definition) is 2. The van der Waals surface area contributed by atoms with E-state index >= 15 is 0 Å². The molecule has 0 bridgehead atoms. The molecule has 2 aromatic rings. The van der Waals surface area contributed by atoms with Crippen LogP contribution in [0.4, 0.5) is 5.95 Å². The molecule has 0 fully saturated rings. The number of nitrogens with two attached hydrogens (primary N) is 1. The quantitative estimate of drug-likeness (QED) is 0.870. The first-order chi connectivity index (χ1) is 8.82. The number of nitrogen functional groups attached to an aromatic ring is 1. The van der Waals surface area contributed by atoms with Crippen molar-refractivity contribution in [1.29, 1.82) is 0 Å². The molecule has 0 aliphatic rings. The van der Waals surface area contributed by atoms with E-state index in [0.29, 0.717) is 5.95 Å². The Labute approximate surface area is 114 Å². The van der Waals surface area contributed by atoms with Crippen LogP contribution in [-0.2, 0) is 5.41 Å². The second-order valence-electron chi connectivity index (χ2n) is 5.76. The molecule has 19 heavy (non-hydrogen) atoms. The van der Waals surface area contributed by atoms with E-state index in [1.165, 1.54) is 5.56 Å². The third-order valence-electron chi connectivity index (χ3n) is 3.22. The van der Waals surface area contributed by atoms with Gasteiger partial charge in [-0.05, 0) is 30.0 Å². The van der Waals surface area contributed by atoms with Gasteiger partial charge in [-0.25, -0.2) is 4.98 Å². The Kier molecular flexibility index (Phi) is 3.27. The third-order valence-corrected chi connectivity index (χ3v) is 3.22. The summed E-state index contributed by atoms with van der Waals surface area (Å²) in [6.07, 6.45) is 0. The average Bonchev–Trinajstić information content (AvgIpc) is 2.66. The maximum absolute atomic E-state index is 5.72. The fourth-order valence-corrected chi connectivity index (χ4v) is 2.11. The molecule has 0 unspecified atom stereocenters. The van der Waals surface area contributed by atoms with E-state index in [4.69, 9.17) is 10.5 Å². The Morgan fingerprint density at radius 1 is 1.26 bits per heavy atom. The molecule has 4 heteroatoms. The summed E-state index contributed by atoms with van der Waals surface area (Å²) in [5.74, 6) is 1.23. The van der Waals surface area contributed by atoms with Crippen LogP contribution in [0.15, 0.2) is 18.2 Å². The summed E-state index contributed by atoms with van der Waals surface area (Å²) >= 11 is 0. The highest BCUT2D eigenvalue weighted by molar-refractivity contribution is 5.71. The number of anilines is 1. The monoisotopic (exact) mass is 259 g/mol. The smallest absolute Gasteiger partial charge is 0.198 e. The van der Waals surface area contributed by atoms with Crippen LogP contribution in [0.25, 0.3) is 11.3 Å². The van der Waals surface area contributed by atoms with E-state index in [1.54, 1.807) is 7.11 Å². The summed E-state index contributed by atoms with van der Waals surface area (Å²) in [4.78, 5) is 7.38. The number of aromatic nitrogens is 2. The molecular formula is C15H21N3O. The lowest BCUT2D eigenvalue weighted by Crippen LogP contribution is -2.11. The second-order valence-corrected chi connectivity index (χ2v) is 5.76. The van der Waals surface area contributed by atoms with E-state index < -0.39 is 0 Å². The number of methoxy groups -OCH3 is 1. The van der Waals surface area contributed by atoms with Crippen molar-refractivity contribution in [3.05, 3.63) is 29.5 Å². The van der Waals surface area contributed by atoms with Gasteiger partial charge in [-0.15, -0.1) is 0 Å². The molecule has 0 saturated carbocycles. The van der Waals surface area contributed by atoms with Crippen molar-refractivity contribution in [3.8, 4) is 17.0 Å². The molecule has 4 nitrogen and oxygen atoms in total. The molecule has 0 aliphatic heterocycles. The fourth-order valence-electron chi connectivity index (χ4n) is 2.11. The minimum absolute atomic E-state index is 0.0801. The zero-order valence-corrected chi connectivity index (χ0v) is 12.2. The number of hydrogen-bond acceptors (Lipinski definition) is 3. The van der Waals surface area contributed by atoms with E-state index in [0.717, 1.165) is 22.7 Å². The Morgan fingerprint density at radius 3 is 2.42 bits per heavy atom. The summed E-state index contributed by atoms with van der Waals surface area (Å²) in [6.45, 7) is 8.51. The van der Waals surface area contributed by atoms with Crippen LogP contribution in [0.1, 0.15) is 32.0 Å². The summed E-state index contributed by atoms with van der Waals surface area (Å²) in [5.41, 5.74) is 9.81. The van der Waals surface area contributed by atoms with Crippen LogP contribution in [0.3, 0.4) is 0 Å². The van der Waals surface area contributed by atoms with Crippen LogP contribution in [0, 0.1) is 6.92 Å². The van der Waals surface area contributed by atoms with E-state index in [9.17, 15) is 0 Å². The molecule has 0 radical (unpaired) electrons. The highest BCUT2D eigenvalue weighted by atomic mass is 16.5. The zero-order valence-electron chi connectivity index (χ0n) is 12.2. The van der Waals surface area contributed by atoms with Crippen LogP contribution in [-0.4, -0.2) is 17.1 Å². The lowest BCUT2D eigenvalue weighted by Gasteiger charge is -2.20. The van der Waals surface area contributed by atoms with Gasteiger partial charge in [0.1, 0.15) is 5.75 Å². The first kappa shape index (κ1) is 13.5. The number of aryl methyl sites for hydroxylation is 1. The van der Waals surface area contributed by atoms with Crippen molar-refractivity contribution in [1.82, 2.24) is 9.97 Å². The number of nitrogens with one attached hydrogen (secondary N) is 1. The van der Waals surface area contributed by atoms with Gasteiger partial charge in [0, 0.05) is 11.3 Å². The van der Waals surface area contributed by atoms with Gasteiger partial charge in [-0.3, -0.25) is 0 Å². The minimum Gasteiger partial charge on any atom is -0.496 e. The highest BCUT2D eigenvalue weighted by Crippen LogP contribution is 2.35. The lowest BCUT2D eigenvalue weighted by atomic mass is 9.85. The predicted octanol–water partition coefficient (Wildman–Crippen LogP) is 3.27. The van der Waals surface area contributed by atoms with E-state index in [2.05, 4.69) is 42.9 Å². The number of H-pyrrole nitrogens is 1. The molecule has 0 atom stereocenters. The van der Waals surface area contributed by atoms with E-state index in [1.807, 2.05) is 13.0 Å². The maximum Gasteiger partial charge on any atom is 0.198 e. The van der Waals surface area contributed by atoms with Gasteiger partial charge in [0.25, 0.3) is 0 Å². The van der Waals surface area contributed by atoms with Gasteiger partial charge >= 0.3 is 0 Å². The van der Waals surface area contributed by atoms with Crippen LogP contribution >= 0.6 is 0 Å². The fraction of sp³-hybridized carbons (Fsp3) is 0.400. The molecule has 0 aliphatic carbocycles. The van der Waals surface area contributed by atoms with Gasteiger partial charge in [-0.1, -0.05) is 26.8 Å². The molecule has 1 aromatic heterocycles. The van der Waals surface area contributed by atoms with Gasteiger partial charge in [0.05, 0.1) is 12.8 Å². The summed E-state index contributed by atoms with van der Waals surface area (Å²) in [5, 5.41) is 0. The molecule has 3 N–H and O–H groups in total. The first-order valence-corrected chi connectivity index (χ1v) is 6.34. The van der Waals surface area contributed by atoms with Crippen LogP contribution in [0.2, 0.25) is 0 Å². The van der Waals surface area contributed by atoms with Crippen molar-refractivity contribution in [2.45, 2.75) is 33.1 Å². The van der Waals surface area contributed by atoms with E-state index in [-0.39, 0.29) is 5.41 Å². The normalized spacial score (nSPS) is 11.6. The Bertz CT molecular complexity index is 594. The van der Waals surface area contributed by atoms with Gasteiger partial charge < -0.3 is 15.5 Å². The largest absolute Gasteiger partial charge is 0.496 e. The third kappa shape index (κ3) is 2.57. The van der Waals surface area contributed by atoms with Gasteiger partial charge in [0.15, 0.2) is 5.95 Å². The first-order valence-electron chi connectivity index (χ1n) is 6.34. The number of ether oxygens (including phenoxy) is 1. The second kappa shape index (κ2) is 4.61. The van der Waals surface area contributed by atoms with Crippen molar-refractivity contribution < 1.29 is 4.74 Å². The Hall–Kier alpha value is -1.97. The number of aromatic amines is 1. The molecule has 0 spiro atoms. The zero-order chi connectivity index (χ0) is 14.2. The average molecular weight is 259 g/mol. The van der Waals surface area contributed by atoms with Crippen molar-refractivity contribution in [2.24, 2.45) is 0 Å². The molecular weight excluding hydrogens is 238 g/mol. The highest BCUT2D eigenvalue weighted by Gasteiger charge is 2.19. The summed E-state index contributed by atoms with van der Waals surface area (Å²) in [6, 6.07) is 6.20. The van der Waals surface area contributed by atoms with Crippen LogP contribution < -0.4 is 10.5 Å². The Balaban J connectivity index is 2.63. The number of nitrogens with zero attached hydrogens (tertiary/aromatic N) is 1. The number of benzene rings is 1. The Morgan fingerprint density at radius 2 is 1.95 bits per heavy atom. The molecule has 2 rings (SSSR count). The molecule has 0 amide bonds. The SMILES string of the molecule is COc1ccc(C(C)(C)C)cc1-c1nc(N)[nH]c1C. The van der Waals surface area contributed by atoms with Crippen molar-refractivity contribution >= 4 is 5.95 Å². The molecule has 0 saturated heterocycles. The topological polar surface area (TPSA) is 63.9 Å². The number of imidazole rings is 1. The molecule has 1 heterocycles. The maximum atomic E-state index is 5.72. The molecule has 102 valence electrons. The van der Waals surface area contributed by atoms with Gasteiger partial charge in [-0.2, -0.15) is 0 Å². The van der Waals surface area contributed by atoms with Crippen LogP contribution in [0.5, 0.6) is 5.75 Å². The van der Waals surface area contributed by atoms with Crippen molar-refractivity contribution in [3.63, 3.8) is 0 Å². The standard InChI is InChI=1S/C15H21N3O/c1-9-13(18-14(16)17-9)11-8-10(15(2,3)4)6-7-12(11)19-5/h6-8H,1-5H3,(H3,16,17,18).